The Labute approximate surface area is 111 Å². The maximum Gasteiger partial charge on any atom is 0.224 e. The molecule has 17 heavy (non-hydrogen) atoms. The van der Waals surface area contributed by atoms with Gasteiger partial charge in [0.15, 0.2) is 0 Å². The predicted octanol–water partition coefficient (Wildman–Crippen LogP) is 2.69. The highest BCUT2D eigenvalue weighted by atomic mass is 35.5. The maximum absolute atomic E-state index is 11.7. The van der Waals surface area contributed by atoms with E-state index in [1.807, 2.05) is 6.92 Å². The topological polar surface area (TPSA) is 38.3 Å². The number of ether oxygens (including phenoxy) is 1. The summed E-state index contributed by atoms with van der Waals surface area (Å²) in [5, 5.41) is 3.77. The standard InChI is InChI=1S/C12H15Cl2NO2/c1-8(7-17-2)15-12(16)6-9-3-4-10(13)11(14)5-9/h3-5,8H,6-7H2,1-2H3,(H,15,16). The molecule has 1 aromatic carbocycles. The SMILES string of the molecule is COCC(C)NC(=O)Cc1ccc(Cl)c(Cl)c1. The number of carbonyl (C=O) groups is 1. The molecule has 94 valence electrons. The Kier molecular flexibility index (Phi) is 5.75. The Hall–Kier alpha value is -0.770. The minimum atomic E-state index is -0.0621. The van der Waals surface area contributed by atoms with Crippen molar-refractivity contribution < 1.29 is 9.53 Å². The lowest BCUT2D eigenvalue weighted by Crippen LogP contribution is -2.36. The van der Waals surface area contributed by atoms with Crippen LogP contribution in [0.4, 0.5) is 0 Å². The smallest absolute Gasteiger partial charge is 0.224 e. The van der Waals surface area contributed by atoms with Crippen LogP contribution in [0.5, 0.6) is 0 Å². The largest absolute Gasteiger partial charge is 0.383 e. The third-order valence-electron chi connectivity index (χ3n) is 2.17. The van der Waals surface area contributed by atoms with Gasteiger partial charge in [-0.25, -0.2) is 0 Å². The summed E-state index contributed by atoms with van der Waals surface area (Å²) in [6.45, 7) is 2.38. The Morgan fingerprint density at radius 2 is 2.12 bits per heavy atom. The number of benzene rings is 1. The van der Waals surface area contributed by atoms with Gasteiger partial charge in [-0.15, -0.1) is 0 Å². The number of carbonyl (C=O) groups excluding carboxylic acids is 1. The molecule has 0 aliphatic carbocycles. The van der Waals surface area contributed by atoms with Gasteiger partial charge in [-0.3, -0.25) is 4.79 Å². The normalized spacial score (nSPS) is 12.2. The molecule has 0 saturated heterocycles. The van der Waals surface area contributed by atoms with Gasteiger partial charge in [-0.05, 0) is 24.6 Å². The zero-order valence-corrected chi connectivity index (χ0v) is 11.3. The zero-order valence-electron chi connectivity index (χ0n) is 9.80. The molecule has 1 N–H and O–H groups in total. The van der Waals surface area contributed by atoms with E-state index in [0.717, 1.165) is 5.56 Å². The molecule has 0 fully saturated rings. The molecule has 0 spiro atoms. The first-order valence-corrected chi connectivity index (χ1v) is 6.00. The van der Waals surface area contributed by atoms with Gasteiger partial charge in [0, 0.05) is 13.2 Å². The van der Waals surface area contributed by atoms with E-state index in [1.54, 1.807) is 25.3 Å². The first-order chi connectivity index (χ1) is 8.02. The maximum atomic E-state index is 11.7. The highest BCUT2D eigenvalue weighted by Gasteiger charge is 2.08. The van der Waals surface area contributed by atoms with Gasteiger partial charge in [0.05, 0.1) is 23.1 Å². The predicted molar refractivity (Wildman–Crippen MR) is 69.6 cm³/mol. The summed E-state index contributed by atoms with van der Waals surface area (Å²) in [4.78, 5) is 11.7. The lowest BCUT2D eigenvalue weighted by molar-refractivity contribution is -0.121. The number of halogens is 2. The second kappa shape index (κ2) is 6.84. The van der Waals surface area contributed by atoms with Gasteiger partial charge in [0.25, 0.3) is 0 Å². The molecular weight excluding hydrogens is 261 g/mol. The van der Waals surface area contributed by atoms with Crippen LogP contribution in [0.15, 0.2) is 18.2 Å². The lowest BCUT2D eigenvalue weighted by atomic mass is 10.1. The van der Waals surface area contributed by atoms with Gasteiger partial charge in [0.1, 0.15) is 0 Å². The van der Waals surface area contributed by atoms with Crippen molar-refractivity contribution in [2.75, 3.05) is 13.7 Å². The summed E-state index contributed by atoms with van der Waals surface area (Å²) in [6, 6.07) is 5.17. The average molecular weight is 276 g/mol. The fraction of sp³-hybridized carbons (Fsp3) is 0.417. The summed E-state index contributed by atoms with van der Waals surface area (Å²) in [5.74, 6) is -0.0621. The van der Waals surface area contributed by atoms with Crippen LogP contribution >= 0.6 is 23.2 Å². The van der Waals surface area contributed by atoms with Crippen molar-refractivity contribution >= 4 is 29.1 Å². The minimum Gasteiger partial charge on any atom is -0.383 e. The monoisotopic (exact) mass is 275 g/mol. The number of amides is 1. The zero-order chi connectivity index (χ0) is 12.8. The van der Waals surface area contributed by atoms with E-state index < -0.39 is 0 Å². The van der Waals surface area contributed by atoms with Crippen molar-refractivity contribution in [3.8, 4) is 0 Å². The van der Waals surface area contributed by atoms with Crippen LogP contribution in [0.3, 0.4) is 0 Å². The van der Waals surface area contributed by atoms with Crippen molar-refractivity contribution in [3.05, 3.63) is 33.8 Å². The number of methoxy groups -OCH3 is 1. The molecule has 0 aliphatic heterocycles. The van der Waals surface area contributed by atoms with Gasteiger partial charge >= 0.3 is 0 Å². The number of hydrogen-bond donors (Lipinski definition) is 1. The van der Waals surface area contributed by atoms with Crippen LogP contribution in [0.1, 0.15) is 12.5 Å². The molecule has 0 aromatic heterocycles. The molecule has 1 aromatic rings. The fourth-order valence-electron chi connectivity index (χ4n) is 1.45. The van der Waals surface area contributed by atoms with Crippen molar-refractivity contribution in [1.29, 1.82) is 0 Å². The van der Waals surface area contributed by atoms with E-state index in [1.165, 1.54) is 0 Å². The Balaban J connectivity index is 2.53. The molecule has 5 heteroatoms. The fourth-order valence-corrected chi connectivity index (χ4v) is 1.77. The summed E-state index contributed by atoms with van der Waals surface area (Å²) >= 11 is 11.7. The van der Waals surface area contributed by atoms with Crippen molar-refractivity contribution in [3.63, 3.8) is 0 Å². The van der Waals surface area contributed by atoms with E-state index in [9.17, 15) is 4.79 Å². The highest BCUT2D eigenvalue weighted by Crippen LogP contribution is 2.22. The van der Waals surface area contributed by atoms with Crippen LogP contribution in [0.25, 0.3) is 0 Å². The summed E-state index contributed by atoms with van der Waals surface area (Å²) in [5.41, 5.74) is 0.835. The molecule has 0 radical (unpaired) electrons. The van der Waals surface area contributed by atoms with Crippen molar-refractivity contribution in [1.82, 2.24) is 5.32 Å². The summed E-state index contributed by atoms with van der Waals surface area (Å²) < 4.78 is 4.94. The molecule has 0 aliphatic rings. The van der Waals surface area contributed by atoms with E-state index in [2.05, 4.69) is 5.32 Å². The van der Waals surface area contributed by atoms with Gasteiger partial charge < -0.3 is 10.1 Å². The quantitative estimate of drug-likeness (QED) is 0.898. The lowest BCUT2D eigenvalue weighted by Gasteiger charge is -2.12. The Morgan fingerprint density at radius 3 is 2.71 bits per heavy atom. The van der Waals surface area contributed by atoms with Crippen LogP contribution in [-0.2, 0) is 16.0 Å². The highest BCUT2D eigenvalue weighted by molar-refractivity contribution is 6.42. The molecule has 1 atom stereocenters. The number of hydrogen-bond acceptors (Lipinski definition) is 2. The summed E-state index contributed by atoms with van der Waals surface area (Å²) in [7, 11) is 1.60. The molecule has 0 saturated carbocycles. The second-order valence-corrected chi connectivity index (χ2v) is 4.66. The third kappa shape index (κ3) is 4.94. The van der Waals surface area contributed by atoms with E-state index in [0.29, 0.717) is 16.7 Å². The third-order valence-corrected chi connectivity index (χ3v) is 2.91. The van der Waals surface area contributed by atoms with Gasteiger partial charge in [-0.1, -0.05) is 29.3 Å². The molecule has 3 nitrogen and oxygen atoms in total. The molecular formula is C12H15Cl2NO2. The molecule has 1 amide bonds. The van der Waals surface area contributed by atoms with Crippen LogP contribution in [-0.4, -0.2) is 25.7 Å². The second-order valence-electron chi connectivity index (χ2n) is 3.85. The first kappa shape index (κ1) is 14.3. The number of nitrogens with one attached hydrogen (secondary N) is 1. The first-order valence-electron chi connectivity index (χ1n) is 5.25. The Morgan fingerprint density at radius 1 is 1.41 bits per heavy atom. The molecule has 1 unspecified atom stereocenters. The minimum absolute atomic E-state index is 0.00438. The molecule has 1 rings (SSSR count). The average Bonchev–Trinajstić information content (AvgIpc) is 2.23. The van der Waals surface area contributed by atoms with Crippen LogP contribution < -0.4 is 5.32 Å². The Bertz CT molecular complexity index is 396. The van der Waals surface area contributed by atoms with Crippen LogP contribution in [0.2, 0.25) is 10.0 Å². The number of rotatable bonds is 5. The van der Waals surface area contributed by atoms with Crippen molar-refractivity contribution in [2.45, 2.75) is 19.4 Å². The van der Waals surface area contributed by atoms with E-state index >= 15 is 0 Å². The molecule has 0 bridgehead atoms. The molecule has 0 heterocycles. The van der Waals surface area contributed by atoms with Gasteiger partial charge in [0.2, 0.25) is 5.91 Å². The van der Waals surface area contributed by atoms with Crippen molar-refractivity contribution in [2.24, 2.45) is 0 Å². The summed E-state index contributed by atoms with van der Waals surface area (Å²) in [6.07, 6.45) is 0.283. The van der Waals surface area contributed by atoms with E-state index in [4.69, 9.17) is 27.9 Å². The van der Waals surface area contributed by atoms with Gasteiger partial charge in [-0.2, -0.15) is 0 Å². The van der Waals surface area contributed by atoms with Crippen LogP contribution in [0, 0.1) is 0 Å². The van der Waals surface area contributed by atoms with E-state index in [-0.39, 0.29) is 18.4 Å².